The van der Waals surface area contributed by atoms with E-state index in [1.165, 1.54) is 7.11 Å². The summed E-state index contributed by atoms with van der Waals surface area (Å²) in [6.07, 6.45) is -7.85. The van der Waals surface area contributed by atoms with Gasteiger partial charge in [0, 0.05) is 40.4 Å². The van der Waals surface area contributed by atoms with Gasteiger partial charge in [0.1, 0.15) is 48.8 Å². The summed E-state index contributed by atoms with van der Waals surface area (Å²) >= 11 is 0. The van der Waals surface area contributed by atoms with E-state index in [0.717, 1.165) is 32.2 Å². The van der Waals surface area contributed by atoms with Crippen LogP contribution in [-0.2, 0) is 38.0 Å². The number of nitrogens with zero attached hydrogens (tertiary/aromatic N) is 2. The molecule has 0 aliphatic carbocycles. The Morgan fingerprint density at radius 3 is 1.74 bits per heavy atom. The monoisotopic (exact) mass is 836 g/mol. The van der Waals surface area contributed by atoms with Crippen molar-refractivity contribution >= 4 is 11.8 Å². The van der Waals surface area contributed by atoms with Gasteiger partial charge < -0.3 is 69.1 Å². The number of unbranched alkanes of at least 4 members (excludes halogenated alkanes) is 4. The second-order valence-corrected chi connectivity index (χ2v) is 18.6. The third-order valence-electron chi connectivity index (χ3n) is 11.3. The second-order valence-electron chi connectivity index (χ2n) is 18.6. The van der Waals surface area contributed by atoms with Gasteiger partial charge in [-0.3, -0.25) is 9.59 Å². The molecule has 2 aliphatic heterocycles. The van der Waals surface area contributed by atoms with Crippen molar-refractivity contribution in [3.8, 4) is 0 Å². The van der Waals surface area contributed by atoms with E-state index in [1.807, 2.05) is 14.0 Å². The molecule has 0 spiro atoms. The lowest BCUT2D eigenvalue weighted by Crippen LogP contribution is -2.68. The molecule has 0 aromatic carbocycles. The summed E-state index contributed by atoms with van der Waals surface area (Å²) < 4.78 is 37.2. The molecule has 0 radical (unpaired) electrons. The van der Waals surface area contributed by atoms with Crippen LogP contribution in [-0.4, -0.2) is 191 Å². The normalized spacial score (nSPS) is 28.7. The number of aliphatic hydroxyl groups is 5. The highest BCUT2D eigenvalue weighted by molar-refractivity contribution is 5.82. The van der Waals surface area contributed by atoms with Gasteiger partial charge >= 0.3 is 0 Å². The molecule has 2 amide bonds. The lowest BCUT2D eigenvalue weighted by molar-refractivity contribution is -0.289. The average molecular weight is 836 g/mol. The van der Waals surface area contributed by atoms with Gasteiger partial charge in [0.25, 0.3) is 11.8 Å². The van der Waals surface area contributed by atoms with E-state index in [2.05, 4.69) is 5.32 Å². The molecule has 58 heavy (non-hydrogen) atoms. The van der Waals surface area contributed by atoms with Gasteiger partial charge in [-0.2, -0.15) is 0 Å². The van der Waals surface area contributed by atoms with Crippen molar-refractivity contribution in [2.45, 2.75) is 198 Å². The summed E-state index contributed by atoms with van der Waals surface area (Å²) in [4.78, 5) is 31.1. The number of carbonyl (C=O) groups excluding carboxylic acids is 2. The number of hydrogen-bond donors (Lipinski definition) is 6. The van der Waals surface area contributed by atoms with E-state index in [1.54, 1.807) is 79.2 Å². The number of amides is 2. The number of ether oxygens (including phenoxy) is 6. The minimum Gasteiger partial charge on any atom is -0.396 e. The van der Waals surface area contributed by atoms with E-state index in [-0.39, 0.29) is 25.5 Å². The van der Waals surface area contributed by atoms with Crippen molar-refractivity contribution in [1.29, 1.82) is 0 Å². The molecule has 342 valence electrons. The van der Waals surface area contributed by atoms with Crippen molar-refractivity contribution in [1.82, 2.24) is 15.1 Å². The molecule has 2 saturated heterocycles. The molecule has 8 unspecified atom stereocenters. The maximum Gasteiger partial charge on any atom is 0.254 e. The number of hydrogen-bond acceptors (Lipinski definition) is 14. The lowest BCUT2D eigenvalue weighted by Gasteiger charge is -2.49. The van der Waals surface area contributed by atoms with Crippen molar-refractivity contribution in [3.63, 3.8) is 0 Å². The minimum absolute atomic E-state index is 0.000178. The lowest BCUT2D eigenvalue weighted by atomic mass is 9.85. The van der Waals surface area contributed by atoms with E-state index < -0.39 is 89.4 Å². The molecule has 2 heterocycles. The Bertz CT molecular complexity index is 1230. The fourth-order valence-corrected chi connectivity index (χ4v) is 7.49. The first-order valence-corrected chi connectivity index (χ1v) is 21.3. The van der Waals surface area contributed by atoms with Crippen LogP contribution in [0.25, 0.3) is 0 Å². The highest BCUT2D eigenvalue weighted by Crippen LogP contribution is 2.37. The Labute approximate surface area is 348 Å². The van der Waals surface area contributed by atoms with Crippen LogP contribution in [0.3, 0.4) is 0 Å². The van der Waals surface area contributed by atoms with Gasteiger partial charge in [-0.15, -0.1) is 0 Å². The Kier molecular flexibility index (Phi) is 20.9. The third kappa shape index (κ3) is 14.8. The van der Waals surface area contributed by atoms with Gasteiger partial charge in [-0.1, -0.05) is 12.8 Å². The van der Waals surface area contributed by atoms with E-state index >= 15 is 0 Å². The van der Waals surface area contributed by atoms with Crippen molar-refractivity contribution < 1.29 is 63.5 Å². The predicted molar refractivity (Wildman–Crippen MR) is 219 cm³/mol. The molecule has 0 aromatic heterocycles. The maximum absolute atomic E-state index is 14.0. The molecule has 10 atom stereocenters. The Balaban J connectivity index is 2.27. The second kappa shape index (κ2) is 23.1. The zero-order chi connectivity index (χ0) is 44.2. The van der Waals surface area contributed by atoms with Crippen LogP contribution in [0, 0.1) is 0 Å². The zero-order valence-electron chi connectivity index (χ0n) is 37.9. The molecular weight excluding hydrogens is 754 g/mol. The Hall–Kier alpha value is -1.54. The van der Waals surface area contributed by atoms with Crippen molar-refractivity contribution in [2.24, 2.45) is 0 Å². The van der Waals surface area contributed by atoms with Gasteiger partial charge in [0.05, 0.1) is 29.0 Å². The average Bonchev–Trinajstić information content (AvgIpc) is 3.14. The number of aliphatic hydroxyl groups excluding tert-OH is 5. The highest BCUT2D eigenvalue weighted by atomic mass is 16.6. The first kappa shape index (κ1) is 52.6. The van der Waals surface area contributed by atoms with Gasteiger partial charge in [0.15, 0.2) is 12.2 Å². The molecule has 0 aromatic rings. The molecule has 6 N–H and O–H groups in total. The van der Waals surface area contributed by atoms with Crippen molar-refractivity contribution in [3.05, 3.63) is 0 Å². The SMILES string of the molecule is CCN(CCCCO)C(=O)C1OC(C(C)(C)OCCC(C)(C)O[C@@H]2C(C(=O)N(C)CCCCCCNC)OC(C(C)(C)OC)C(O)C2O)C(O)C(O)[C@@H]1OC(C)(C)C. The predicted octanol–water partition coefficient (Wildman–Crippen LogP) is 1.78. The maximum atomic E-state index is 14.0. The minimum atomic E-state index is -1.50. The number of nitrogens with one attached hydrogen (secondary N) is 1. The molecule has 16 heteroatoms. The first-order chi connectivity index (χ1) is 26.9. The molecule has 0 saturated carbocycles. The summed E-state index contributed by atoms with van der Waals surface area (Å²) in [6.45, 7) is 19.8. The quantitative estimate of drug-likeness (QED) is 0.0767. The smallest absolute Gasteiger partial charge is 0.254 e. The summed E-state index contributed by atoms with van der Waals surface area (Å²) in [7, 11) is 5.08. The van der Waals surface area contributed by atoms with Crippen LogP contribution < -0.4 is 5.32 Å². The summed E-state index contributed by atoms with van der Waals surface area (Å²) in [6, 6.07) is 0. The molecule has 0 bridgehead atoms. The number of carbonyl (C=O) groups is 2. The first-order valence-electron chi connectivity index (χ1n) is 21.3. The van der Waals surface area contributed by atoms with Gasteiger partial charge in [-0.25, -0.2) is 0 Å². The largest absolute Gasteiger partial charge is 0.396 e. The standard InChI is InChI=1S/C42H81N3O13/c1-14-45(24-19-20-25-46)38(52)34-31(57-39(2,3)4)27(47)30(50)36(56-34)42(9,10)54-26-21-40(5,6)58-32-28(48)29(49)35(41(7,8)53-13)55-33(32)37(51)44(12)23-18-16-15-17-22-43-11/h27-36,43,46-50H,14-26H2,1-13H3/t27?,28?,29?,30?,31-,32-,33?,34?,35?,36?/m0/s1. The van der Waals surface area contributed by atoms with Crippen LogP contribution in [0.5, 0.6) is 0 Å². The molecule has 2 fully saturated rings. The topological polar surface area (TPSA) is 209 Å². The molecule has 16 nitrogen and oxygen atoms in total. The number of likely N-dealkylation sites (N-methyl/N-ethyl adjacent to an activating group) is 2. The summed E-state index contributed by atoms with van der Waals surface area (Å²) in [5, 5.41) is 58.2. The van der Waals surface area contributed by atoms with Crippen molar-refractivity contribution in [2.75, 3.05) is 60.6 Å². The summed E-state index contributed by atoms with van der Waals surface area (Å²) in [5.41, 5.74) is -4.09. The zero-order valence-corrected chi connectivity index (χ0v) is 37.9. The van der Waals surface area contributed by atoms with E-state index in [4.69, 9.17) is 28.4 Å². The highest BCUT2D eigenvalue weighted by Gasteiger charge is 2.56. The van der Waals surface area contributed by atoms with E-state index in [9.17, 15) is 35.1 Å². The Morgan fingerprint density at radius 1 is 0.707 bits per heavy atom. The fourth-order valence-electron chi connectivity index (χ4n) is 7.49. The van der Waals surface area contributed by atoms with Gasteiger partial charge in [0.2, 0.25) is 0 Å². The van der Waals surface area contributed by atoms with Crippen LogP contribution >= 0.6 is 0 Å². The van der Waals surface area contributed by atoms with Crippen LogP contribution in [0.1, 0.15) is 114 Å². The Morgan fingerprint density at radius 2 is 1.22 bits per heavy atom. The van der Waals surface area contributed by atoms with Gasteiger partial charge in [-0.05, 0) is 115 Å². The van der Waals surface area contributed by atoms with Crippen LogP contribution in [0.4, 0.5) is 0 Å². The van der Waals surface area contributed by atoms with Crippen LogP contribution in [0.15, 0.2) is 0 Å². The number of methoxy groups -OCH3 is 1. The van der Waals surface area contributed by atoms with Crippen LogP contribution in [0.2, 0.25) is 0 Å². The molecule has 2 aliphatic rings. The molecule has 2 rings (SSSR count). The molecular formula is C42H81N3O13. The number of rotatable bonds is 24. The fraction of sp³-hybridized carbons (Fsp3) is 0.952. The summed E-state index contributed by atoms with van der Waals surface area (Å²) in [5.74, 6) is -0.784. The van der Waals surface area contributed by atoms with E-state index in [0.29, 0.717) is 32.5 Å². The third-order valence-corrected chi connectivity index (χ3v) is 11.3.